The number of hydrogen-bond acceptors (Lipinski definition) is 4. The van der Waals surface area contributed by atoms with E-state index in [4.69, 9.17) is 4.74 Å². The molecule has 2 aromatic heterocycles. The summed E-state index contributed by atoms with van der Waals surface area (Å²) in [7, 11) is 0. The van der Waals surface area contributed by atoms with Gasteiger partial charge in [-0.2, -0.15) is 10.2 Å². The van der Waals surface area contributed by atoms with Crippen LogP contribution in [0.5, 0.6) is 5.75 Å². The van der Waals surface area contributed by atoms with Crippen LogP contribution in [-0.2, 0) is 13.3 Å². The second-order valence-electron chi connectivity index (χ2n) is 7.31. The van der Waals surface area contributed by atoms with Gasteiger partial charge in [0.1, 0.15) is 11.6 Å². The smallest absolute Gasteiger partial charge is 0.276 e. The van der Waals surface area contributed by atoms with Crippen molar-refractivity contribution in [2.45, 2.75) is 27.1 Å². The summed E-state index contributed by atoms with van der Waals surface area (Å²) in [4.78, 5) is 12.5. The number of nitrogens with one attached hydrogen (secondary N) is 1. The largest absolute Gasteiger partial charge is 0.471 e. The van der Waals surface area contributed by atoms with Gasteiger partial charge in [-0.15, -0.1) is 0 Å². The number of amides is 1. The van der Waals surface area contributed by atoms with Crippen molar-refractivity contribution >= 4 is 11.6 Å². The van der Waals surface area contributed by atoms with E-state index in [2.05, 4.69) is 21.6 Å². The van der Waals surface area contributed by atoms with Gasteiger partial charge in [-0.25, -0.2) is 9.07 Å². The minimum atomic E-state index is -0.365. The monoisotopic (exact) mass is 419 g/mol. The van der Waals surface area contributed by atoms with Crippen LogP contribution in [0.3, 0.4) is 0 Å². The molecule has 0 fully saturated rings. The van der Waals surface area contributed by atoms with E-state index in [0.717, 1.165) is 16.9 Å². The van der Waals surface area contributed by atoms with Gasteiger partial charge in [0.15, 0.2) is 12.4 Å². The molecule has 2 heterocycles. The third-order valence-electron chi connectivity index (χ3n) is 4.61. The van der Waals surface area contributed by atoms with E-state index in [-0.39, 0.29) is 30.7 Å². The van der Waals surface area contributed by atoms with E-state index in [1.54, 1.807) is 46.0 Å². The predicted molar refractivity (Wildman–Crippen MR) is 114 cm³/mol. The van der Waals surface area contributed by atoms with Crippen molar-refractivity contribution in [2.24, 2.45) is 0 Å². The fourth-order valence-corrected chi connectivity index (χ4v) is 3.22. The molecule has 1 N–H and O–H groups in total. The summed E-state index contributed by atoms with van der Waals surface area (Å²) >= 11 is 0. The van der Waals surface area contributed by atoms with Gasteiger partial charge in [0.25, 0.3) is 5.91 Å². The molecule has 0 saturated carbocycles. The molecule has 0 atom stereocenters. The van der Waals surface area contributed by atoms with Gasteiger partial charge in [0.2, 0.25) is 0 Å². The molecule has 158 valence electrons. The highest BCUT2D eigenvalue weighted by Crippen LogP contribution is 2.17. The molecule has 31 heavy (non-hydrogen) atoms. The van der Waals surface area contributed by atoms with Gasteiger partial charge < -0.3 is 10.1 Å². The first kappa shape index (κ1) is 20.3. The fourth-order valence-electron chi connectivity index (χ4n) is 3.22. The van der Waals surface area contributed by atoms with Crippen molar-refractivity contribution in [3.63, 3.8) is 0 Å². The lowest BCUT2D eigenvalue weighted by Crippen LogP contribution is -2.14. The van der Waals surface area contributed by atoms with E-state index in [1.165, 1.54) is 12.3 Å². The number of aryl methyl sites for hydroxylation is 2. The number of hydrogen-bond donors (Lipinski definition) is 1. The van der Waals surface area contributed by atoms with Gasteiger partial charge in [-0.3, -0.25) is 9.48 Å². The standard InChI is InChI=1S/C23H22FN5O2/c1-16-9-17(2)11-20(10-16)31-15-28-8-7-22(27-28)23(30)26-19-12-25-29(14-19)13-18-5-3-4-6-21(18)24/h3-12,14H,13,15H2,1-2H3,(H,26,30). The van der Waals surface area contributed by atoms with E-state index in [1.807, 2.05) is 26.0 Å². The van der Waals surface area contributed by atoms with Crippen LogP contribution in [0.2, 0.25) is 0 Å². The van der Waals surface area contributed by atoms with Gasteiger partial charge in [0.05, 0.1) is 18.4 Å². The number of carbonyl (C=O) groups excluding carboxylic acids is 1. The average molecular weight is 419 g/mol. The highest BCUT2D eigenvalue weighted by molar-refractivity contribution is 6.02. The van der Waals surface area contributed by atoms with Crippen LogP contribution in [0.1, 0.15) is 27.2 Å². The summed E-state index contributed by atoms with van der Waals surface area (Å²) in [6, 6.07) is 14.1. The first-order chi connectivity index (χ1) is 15.0. The number of carbonyl (C=O) groups is 1. The number of ether oxygens (including phenoxy) is 1. The Balaban J connectivity index is 1.35. The maximum Gasteiger partial charge on any atom is 0.276 e. The van der Waals surface area contributed by atoms with Crippen LogP contribution in [-0.4, -0.2) is 25.5 Å². The molecule has 7 nitrogen and oxygen atoms in total. The lowest BCUT2D eigenvalue weighted by molar-refractivity contribution is 0.102. The quantitative estimate of drug-likeness (QED) is 0.488. The Morgan fingerprint density at radius 1 is 1.10 bits per heavy atom. The Morgan fingerprint density at radius 3 is 2.65 bits per heavy atom. The third-order valence-corrected chi connectivity index (χ3v) is 4.61. The normalized spacial score (nSPS) is 10.8. The van der Waals surface area contributed by atoms with Crippen molar-refractivity contribution in [1.82, 2.24) is 19.6 Å². The Bertz CT molecular complexity index is 1190. The molecule has 2 aromatic carbocycles. The number of benzene rings is 2. The Morgan fingerprint density at radius 2 is 1.87 bits per heavy atom. The first-order valence-electron chi connectivity index (χ1n) is 9.78. The molecule has 0 bridgehead atoms. The molecular formula is C23H22FN5O2. The van der Waals surface area contributed by atoms with Crippen LogP contribution < -0.4 is 10.1 Å². The van der Waals surface area contributed by atoms with Gasteiger partial charge in [0, 0.05) is 18.0 Å². The second-order valence-corrected chi connectivity index (χ2v) is 7.31. The zero-order valence-electron chi connectivity index (χ0n) is 17.2. The Labute approximate surface area is 179 Å². The van der Waals surface area contributed by atoms with Gasteiger partial charge in [-0.05, 0) is 49.2 Å². The summed E-state index contributed by atoms with van der Waals surface area (Å²) < 4.78 is 22.7. The number of anilines is 1. The summed E-state index contributed by atoms with van der Waals surface area (Å²) in [5.74, 6) is 0.0917. The minimum absolute atomic E-state index is 0.191. The van der Waals surface area contributed by atoms with Crippen LogP contribution in [0, 0.1) is 19.7 Å². The summed E-state index contributed by atoms with van der Waals surface area (Å²) in [6.45, 7) is 4.48. The Hall–Kier alpha value is -3.94. The molecule has 1 amide bonds. The van der Waals surface area contributed by atoms with Crippen molar-refractivity contribution in [3.8, 4) is 5.75 Å². The van der Waals surface area contributed by atoms with Crippen LogP contribution in [0.25, 0.3) is 0 Å². The molecule has 8 heteroatoms. The number of aromatic nitrogens is 4. The van der Waals surface area contributed by atoms with E-state index in [9.17, 15) is 9.18 Å². The number of halogens is 1. The molecule has 0 spiro atoms. The van der Waals surface area contributed by atoms with Crippen molar-refractivity contribution in [1.29, 1.82) is 0 Å². The van der Waals surface area contributed by atoms with Crippen molar-refractivity contribution in [2.75, 3.05) is 5.32 Å². The molecule has 4 aromatic rings. The van der Waals surface area contributed by atoms with Gasteiger partial charge in [-0.1, -0.05) is 24.3 Å². The predicted octanol–water partition coefficient (Wildman–Crippen LogP) is 4.17. The van der Waals surface area contributed by atoms with E-state index >= 15 is 0 Å². The van der Waals surface area contributed by atoms with Crippen LogP contribution >= 0.6 is 0 Å². The molecule has 0 unspecified atom stereocenters. The van der Waals surface area contributed by atoms with Crippen LogP contribution in [0.4, 0.5) is 10.1 Å². The minimum Gasteiger partial charge on any atom is -0.471 e. The molecule has 0 radical (unpaired) electrons. The van der Waals surface area contributed by atoms with Gasteiger partial charge >= 0.3 is 0 Å². The summed E-state index contributed by atoms with van der Waals surface area (Å²) in [5, 5.41) is 11.2. The Kier molecular flexibility index (Phi) is 5.79. The maximum absolute atomic E-state index is 13.8. The van der Waals surface area contributed by atoms with Crippen molar-refractivity contribution < 1.29 is 13.9 Å². The molecule has 0 aliphatic rings. The zero-order valence-corrected chi connectivity index (χ0v) is 17.2. The fraction of sp³-hybridized carbons (Fsp3) is 0.174. The average Bonchev–Trinajstić information content (AvgIpc) is 3.37. The number of rotatable bonds is 7. The zero-order chi connectivity index (χ0) is 21.8. The topological polar surface area (TPSA) is 74.0 Å². The highest BCUT2D eigenvalue weighted by Gasteiger charge is 2.12. The second kappa shape index (κ2) is 8.83. The highest BCUT2D eigenvalue weighted by atomic mass is 19.1. The first-order valence-corrected chi connectivity index (χ1v) is 9.78. The van der Waals surface area contributed by atoms with E-state index in [0.29, 0.717) is 11.3 Å². The SMILES string of the molecule is Cc1cc(C)cc(OCn2ccc(C(=O)Nc3cnn(Cc4ccccc4F)c3)n2)c1. The third kappa shape index (κ3) is 5.16. The van der Waals surface area contributed by atoms with E-state index < -0.39 is 0 Å². The lowest BCUT2D eigenvalue weighted by Gasteiger charge is -2.08. The molecule has 4 rings (SSSR count). The molecule has 0 saturated heterocycles. The molecular weight excluding hydrogens is 397 g/mol. The molecule has 0 aliphatic heterocycles. The lowest BCUT2D eigenvalue weighted by atomic mass is 10.1. The van der Waals surface area contributed by atoms with Crippen LogP contribution in [0.15, 0.2) is 67.1 Å². The number of nitrogens with zero attached hydrogens (tertiary/aromatic N) is 4. The maximum atomic E-state index is 13.8. The summed E-state index contributed by atoms with van der Waals surface area (Å²) in [6.07, 6.45) is 4.84. The molecule has 0 aliphatic carbocycles. The summed E-state index contributed by atoms with van der Waals surface area (Å²) in [5.41, 5.74) is 3.51. The van der Waals surface area contributed by atoms with Crippen molar-refractivity contribution in [3.05, 3.63) is 95.3 Å².